The maximum Gasteiger partial charge on any atom is 0.350 e. The van der Waals surface area contributed by atoms with Crippen LogP contribution < -0.4 is 4.74 Å². The third-order valence-corrected chi connectivity index (χ3v) is 4.54. The number of hydrogen-bond donors (Lipinski definition) is 0. The third-order valence-electron chi connectivity index (χ3n) is 3.35. The summed E-state index contributed by atoms with van der Waals surface area (Å²) in [5.74, 6) is -0.281. The number of aromatic nitrogens is 1. The highest BCUT2D eigenvalue weighted by Gasteiger charge is 2.21. The van der Waals surface area contributed by atoms with Gasteiger partial charge in [0.05, 0.1) is 23.8 Å². The van der Waals surface area contributed by atoms with E-state index in [1.54, 1.807) is 19.9 Å². The van der Waals surface area contributed by atoms with E-state index >= 15 is 0 Å². The van der Waals surface area contributed by atoms with E-state index in [2.05, 4.69) is 4.98 Å². The molecule has 0 saturated heterocycles. The molecule has 2 rings (SSSR count). The van der Waals surface area contributed by atoms with E-state index in [-0.39, 0.29) is 24.7 Å². The summed E-state index contributed by atoms with van der Waals surface area (Å²) >= 11 is 1.14. The molecule has 0 saturated carbocycles. The van der Waals surface area contributed by atoms with Gasteiger partial charge in [0.1, 0.15) is 16.5 Å². The smallest absolute Gasteiger partial charge is 0.350 e. The second-order valence-corrected chi connectivity index (χ2v) is 6.14. The molecule has 1 aromatic carbocycles. The Morgan fingerprint density at radius 2 is 2.04 bits per heavy atom. The molecule has 1 aromatic heterocycles. The SMILES string of the molecule is CCOCCOc1ccc(-c2nc(C)c(C(=O)OCC)s2)cc1[N+](=O)[O-]. The monoisotopic (exact) mass is 380 g/mol. The van der Waals surface area contributed by atoms with E-state index in [0.717, 1.165) is 11.3 Å². The van der Waals surface area contributed by atoms with Gasteiger partial charge in [-0.2, -0.15) is 0 Å². The van der Waals surface area contributed by atoms with Crippen LogP contribution in [0.3, 0.4) is 0 Å². The summed E-state index contributed by atoms with van der Waals surface area (Å²) in [6, 6.07) is 4.60. The van der Waals surface area contributed by atoms with Gasteiger partial charge in [-0.05, 0) is 32.9 Å². The highest BCUT2D eigenvalue weighted by molar-refractivity contribution is 7.17. The maximum atomic E-state index is 11.9. The van der Waals surface area contributed by atoms with E-state index in [1.165, 1.54) is 12.1 Å². The van der Waals surface area contributed by atoms with Gasteiger partial charge in [-0.25, -0.2) is 9.78 Å². The number of rotatable bonds is 9. The first-order valence-corrected chi connectivity index (χ1v) is 8.93. The molecule has 1 heterocycles. The van der Waals surface area contributed by atoms with Gasteiger partial charge >= 0.3 is 11.7 Å². The molecule has 0 aliphatic carbocycles. The molecular formula is C17H20N2O6S. The van der Waals surface area contributed by atoms with Crippen LogP contribution in [0.4, 0.5) is 5.69 Å². The molecule has 26 heavy (non-hydrogen) atoms. The Morgan fingerprint density at radius 3 is 2.69 bits per heavy atom. The predicted octanol–water partition coefficient (Wildman–Crippen LogP) is 3.62. The highest BCUT2D eigenvalue weighted by atomic mass is 32.1. The van der Waals surface area contributed by atoms with Gasteiger partial charge in [-0.15, -0.1) is 11.3 Å². The number of hydrogen-bond acceptors (Lipinski definition) is 8. The number of benzene rings is 1. The van der Waals surface area contributed by atoms with Crippen LogP contribution in [0.2, 0.25) is 0 Å². The zero-order valence-corrected chi connectivity index (χ0v) is 15.6. The van der Waals surface area contributed by atoms with Crippen molar-refractivity contribution in [2.45, 2.75) is 20.8 Å². The summed E-state index contributed by atoms with van der Waals surface area (Å²) in [6.45, 7) is 6.68. The fourth-order valence-corrected chi connectivity index (χ4v) is 3.13. The second-order valence-electron chi connectivity index (χ2n) is 5.14. The van der Waals surface area contributed by atoms with Crippen molar-refractivity contribution in [1.82, 2.24) is 4.98 Å². The molecule has 0 amide bonds. The zero-order chi connectivity index (χ0) is 19.1. The van der Waals surface area contributed by atoms with Crippen molar-refractivity contribution in [2.24, 2.45) is 0 Å². The number of nitrogens with zero attached hydrogens (tertiary/aromatic N) is 2. The maximum absolute atomic E-state index is 11.9. The first-order valence-electron chi connectivity index (χ1n) is 8.11. The Kier molecular flexibility index (Phi) is 7.05. The number of nitro groups is 1. The Hall–Kier alpha value is -2.52. The van der Waals surface area contributed by atoms with Crippen LogP contribution in [0.25, 0.3) is 10.6 Å². The summed E-state index contributed by atoms with van der Waals surface area (Å²) in [5.41, 5.74) is 0.908. The minimum atomic E-state index is -0.508. The Bertz CT molecular complexity index is 790. The Balaban J connectivity index is 2.28. The summed E-state index contributed by atoms with van der Waals surface area (Å²) in [7, 11) is 0. The van der Waals surface area contributed by atoms with Crippen molar-refractivity contribution in [1.29, 1.82) is 0 Å². The van der Waals surface area contributed by atoms with Crippen LogP contribution in [-0.2, 0) is 9.47 Å². The molecule has 0 radical (unpaired) electrons. The van der Waals surface area contributed by atoms with Gasteiger partial charge in [0.15, 0.2) is 5.75 Å². The molecule has 0 fully saturated rings. The fraction of sp³-hybridized carbons (Fsp3) is 0.412. The van der Waals surface area contributed by atoms with Crippen LogP contribution in [-0.4, -0.2) is 42.3 Å². The molecular weight excluding hydrogens is 360 g/mol. The van der Waals surface area contributed by atoms with Crippen LogP contribution >= 0.6 is 11.3 Å². The van der Waals surface area contributed by atoms with Gasteiger partial charge in [0, 0.05) is 18.2 Å². The van der Waals surface area contributed by atoms with Crippen molar-refractivity contribution >= 4 is 23.0 Å². The number of nitro benzene ring substituents is 1. The zero-order valence-electron chi connectivity index (χ0n) is 14.8. The molecule has 0 aliphatic heterocycles. The number of aryl methyl sites for hydroxylation is 1. The molecule has 0 N–H and O–H groups in total. The fourth-order valence-electron chi connectivity index (χ4n) is 2.18. The van der Waals surface area contributed by atoms with Crippen molar-refractivity contribution in [3.05, 3.63) is 38.9 Å². The molecule has 8 nitrogen and oxygen atoms in total. The van der Waals surface area contributed by atoms with E-state index in [0.29, 0.717) is 34.4 Å². The molecule has 0 atom stereocenters. The van der Waals surface area contributed by atoms with Gasteiger partial charge in [0.2, 0.25) is 0 Å². The molecule has 140 valence electrons. The minimum Gasteiger partial charge on any atom is -0.484 e. The lowest BCUT2D eigenvalue weighted by Gasteiger charge is -2.07. The normalized spacial score (nSPS) is 10.6. The lowest BCUT2D eigenvalue weighted by atomic mass is 10.2. The lowest BCUT2D eigenvalue weighted by molar-refractivity contribution is -0.385. The Labute approximate surface area is 154 Å². The number of esters is 1. The lowest BCUT2D eigenvalue weighted by Crippen LogP contribution is -2.07. The summed E-state index contributed by atoms with van der Waals surface area (Å²) in [6.07, 6.45) is 0. The van der Waals surface area contributed by atoms with Crippen molar-refractivity contribution in [2.75, 3.05) is 26.4 Å². The number of carbonyl (C=O) groups is 1. The molecule has 2 aromatic rings. The quantitative estimate of drug-likeness (QED) is 0.283. The first kappa shape index (κ1) is 19.8. The van der Waals surface area contributed by atoms with Crippen molar-refractivity contribution < 1.29 is 23.9 Å². The van der Waals surface area contributed by atoms with E-state index < -0.39 is 10.9 Å². The summed E-state index contributed by atoms with van der Waals surface area (Å²) in [5, 5.41) is 11.9. The van der Waals surface area contributed by atoms with Crippen molar-refractivity contribution in [3.8, 4) is 16.3 Å². The predicted molar refractivity (Wildman–Crippen MR) is 96.9 cm³/mol. The summed E-state index contributed by atoms with van der Waals surface area (Å²) in [4.78, 5) is 27.5. The van der Waals surface area contributed by atoms with Crippen LogP contribution in [0.15, 0.2) is 18.2 Å². The van der Waals surface area contributed by atoms with Crippen LogP contribution in [0.1, 0.15) is 29.2 Å². The third kappa shape index (κ3) is 4.77. The van der Waals surface area contributed by atoms with Crippen LogP contribution in [0.5, 0.6) is 5.75 Å². The summed E-state index contributed by atoms with van der Waals surface area (Å²) < 4.78 is 15.6. The highest BCUT2D eigenvalue weighted by Crippen LogP contribution is 2.35. The van der Waals surface area contributed by atoms with E-state index in [4.69, 9.17) is 14.2 Å². The van der Waals surface area contributed by atoms with Gasteiger partial charge in [-0.1, -0.05) is 0 Å². The largest absolute Gasteiger partial charge is 0.484 e. The number of thiazole rings is 1. The van der Waals surface area contributed by atoms with E-state index in [1.807, 2.05) is 6.92 Å². The molecule has 0 aliphatic rings. The second kappa shape index (κ2) is 9.25. The minimum absolute atomic E-state index is 0.162. The number of ether oxygens (including phenoxy) is 3. The Morgan fingerprint density at radius 1 is 1.27 bits per heavy atom. The first-order chi connectivity index (χ1) is 12.5. The van der Waals surface area contributed by atoms with Gasteiger partial charge in [0.25, 0.3) is 0 Å². The average molecular weight is 380 g/mol. The van der Waals surface area contributed by atoms with Gasteiger partial charge in [-0.3, -0.25) is 10.1 Å². The standard InChI is InChI=1S/C17H20N2O6S/c1-4-23-8-9-25-14-7-6-12(10-13(14)19(21)22)16-18-11(3)15(26-16)17(20)24-5-2/h6-7,10H,4-5,8-9H2,1-3H3. The van der Waals surface area contributed by atoms with Crippen molar-refractivity contribution in [3.63, 3.8) is 0 Å². The molecule has 0 unspecified atom stereocenters. The average Bonchev–Trinajstić information content (AvgIpc) is 3.00. The molecule has 9 heteroatoms. The van der Waals surface area contributed by atoms with E-state index in [9.17, 15) is 14.9 Å². The number of carbonyl (C=O) groups excluding carboxylic acids is 1. The van der Waals surface area contributed by atoms with Gasteiger partial charge < -0.3 is 14.2 Å². The van der Waals surface area contributed by atoms with Crippen LogP contribution in [0, 0.1) is 17.0 Å². The topological polar surface area (TPSA) is 101 Å². The molecule has 0 spiro atoms. The molecule has 0 bridgehead atoms.